The summed E-state index contributed by atoms with van der Waals surface area (Å²) >= 11 is 0. The van der Waals surface area contributed by atoms with E-state index in [1.54, 1.807) is 43.4 Å². The van der Waals surface area contributed by atoms with Gasteiger partial charge in [0.15, 0.2) is 6.29 Å². The van der Waals surface area contributed by atoms with E-state index in [0.29, 0.717) is 33.6 Å². The Morgan fingerprint density at radius 3 is 2.64 bits per heavy atom. The molecule has 5 heteroatoms. The van der Waals surface area contributed by atoms with E-state index in [4.69, 9.17) is 4.74 Å². The van der Waals surface area contributed by atoms with E-state index in [2.05, 4.69) is 4.98 Å². The van der Waals surface area contributed by atoms with Crippen LogP contribution in [0.1, 0.15) is 10.4 Å². The lowest BCUT2D eigenvalue weighted by molar-refractivity contribution is 0.112. The zero-order chi connectivity index (χ0) is 15.7. The van der Waals surface area contributed by atoms with Crippen molar-refractivity contribution in [2.24, 2.45) is 7.05 Å². The molecular formula is C17H14N2O3. The van der Waals surface area contributed by atoms with Gasteiger partial charge in [-0.15, -0.1) is 0 Å². The van der Waals surface area contributed by atoms with Crippen LogP contribution in [0.5, 0.6) is 5.75 Å². The predicted molar refractivity (Wildman–Crippen MR) is 84.4 cm³/mol. The molecular weight excluding hydrogens is 280 g/mol. The summed E-state index contributed by atoms with van der Waals surface area (Å²) in [6, 6.07) is 12.3. The Labute approximate surface area is 126 Å². The molecule has 0 aliphatic rings. The van der Waals surface area contributed by atoms with Gasteiger partial charge in [-0.2, -0.15) is 0 Å². The van der Waals surface area contributed by atoms with E-state index in [1.807, 2.05) is 6.07 Å². The first kappa shape index (κ1) is 14.0. The zero-order valence-electron chi connectivity index (χ0n) is 12.2. The Kier molecular flexibility index (Phi) is 3.47. The number of para-hydroxylation sites is 2. The predicted octanol–water partition coefficient (Wildman–Crippen LogP) is 2.42. The van der Waals surface area contributed by atoms with Crippen LogP contribution in [-0.2, 0) is 7.05 Å². The summed E-state index contributed by atoms with van der Waals surface area (Å²) < 4.78 is 6.81. The molecule has 2 aromatic carbocycles. The van der Waals surface area contributed by atoms with Crippen molar-refractivity contribution in [1.82, 2.24) is 9.55 Å². The molecule has 1 aromatic heterocycles. The van der Waals surface area contributed by atoms with Crippen molar-refractivity contribution in [1.29, 1.82) is 0 Å². The molecule has 0 aliphatic heterocycles. The Hall–Kier alpha value is -2.95. The van der Waals surface area contributed by atoms with E-state index in [9.17, 15) is 9.59 Å². The highest BCUT2D eigenvalue weighted by Crippen LogP contribution is 2.31. The number of hydrogen-bond acceptors (Lipinski definition) is 4. The maximum absolute atomic E-state index is 12.5. The Bertz CT molecular complexity index is 929. The van der Waals surface area contributed by atoms with Gasteiger partial charge in [0.1, 0.15) is 11.6 Å². The molecule has 0 bridgehead atoms. The van der Waals surface area contributed by atoms with E-state index in [-0.39, 0.29) is 5.56 Å². The summed E-state index contributed by atoms with van der Waals surface area (Å²) in [4.78, 5) is 28.2. The van der Waals surface area contributed by atoms with E-state index in [1.165, 1.54) is 11.7 Å². The fourth-order valence-electron chi connectivity index (χ4n) is 2.51. The quantitative estimate of drug-likeness (QED) is 0.696. The molecule has 3 rings (SSSR count). The second-order valence-electron chi connectivity index (χ2n) is 4.86. The summed E-state index contributed by atoms with van der Waals surface area (Å²) in [5.74, 6) is 0.875. The van der Waals surface area contributed by atoms with Crippen LogP contribution < -0.4 is 10.3 Å². The van der Waals surface area contributed by atoms with Crippen LogP contribution in [0.3, 0.4) is 0 Å². The van der Waals surface area contributed by atoms with Crippen LogP contribution in [0.25, 0.3) is 22.3 Å². The van der Waals surface area contributed by atoms with E-state index < -0.39 is 0 Å². The van der Waals surface area contributed by atoms with Gasteiger partial charge in [0, 0.05) is 7.05 Å². The van der Waals surface area contributed by atoms with Crippen molar-refractivity contribution in [3.63, 3.8) is 0 Å². The highest BCUT2D eigenvalue weighted by Gasteiger charge is 2.16. The van der Waals surface area contributed by atoms with Crippen molar-refractivity contribution in [3.05, 3.63) is 58.4 Å². The first-order chi connectivity index (χ1) is 10.7. The van der Waals surface area contributed by atoms with Crippen LogP contribution in [0.15, 0.2) is 47.3 Å². The van der Waals surface area contributed by atoms with Gasteiger partial charge >= 0.3 is 0 Å². The summed E-state index contributed by atoms with van der Waals surface area (Å²) in [5, 5.41) is 0.555. The molecule has 0 saturated heterocycles. The lowest BCUT2D eigenvalue weighted by atomic mass is 10.1. The van der Waals surface area contributed by atoms with Gasteiger partial charge in [-0.3, -0.25) is 14.2 Å². The van der Waals surface area contributed by atoms with Gasteiger partial charge in [-0.1, -0.05) is 18.2 Å². The monoisotopic (exact) mass is 294 g/mol. The molecule has 5 nitrogen and oxygen atoms in total. The molecule has 3 aromatic rings. The van der Waals surface area contributed by atoms with Gasteiger partial charge < -0.3 is 4.74 Å². The third-order valence-electron chi connectivity index (χ3n) is 3.60. The lowest BCUT2D eigenvalue weighted by Crippen LogP contribution is -2.20. The number of aldehydes is 1. The molecule has 110 valence electrons. The largest absolute Gasteiger partial charge is 0.495 e. The number of fused-ring (bicyclic) bond motifs is 1. The Balaban J connectivity index is 2.39. The molecule has 0 saturated carbocycles. The third-order valence-corrected chi connectivity index (χ3v) is 3.60. The average Bonchev–Trinajstić information content (AvgIpc) is 2.57. The number of aromatic nitrogens is 2. The summed E-state index contributed by atoms with van der Waals surface area (Å²) in [6.45, 7) is 0. The number of rotatable bonds is 3. The van der Waals surface area contributed by atoms with Crippen molar-refractivity contribution >= 4 is 17.2 Å². The SMILES string of the molecule is COc1c(C=O)cccc1-c1nc2ccccc2c(=O)n1C. The topological polar surface area (TPSA) is 61.2 Å². The Morgan fingerprint density at radius 2 is 1.91 bits per heavy atom. The standard InChI is InChI=1S/C17H14N2O3/c1-19-16(13-8-5-6-11(10-20)15(13)22-2)18-14-9-4-3-7-12(14)17(19)21/h3-10H,1-2H3. The summed E-state index contributed by atoms with van der Waals surface area (Å²) in [5.41, 5.74) is 1.50. The number of carbonyl (C=O) groups excluding carboxylic acids is 1. The van der Waals surface area contributed by atoms with Gasteiger partial charge in [-0.25, -0.2) is 4.98 Å². The minimum absolute atomic E-state index is 0.140. The minimum atomic E-state index is -0.140. The van der Waals surface area contributed by atoms with Crippen molar-refractivity contribution in [2.75, 3.05) is 7.11 Å². The van der Waals surface area contributed by atoms with Gasteiger partial charge in [0.2, 0.25) is 0 Å². The number of hydrogen-bond donors (Lipinski definition) is 0. The maximum atomic E-state index is 12.5. The molecule has 0 unspecified atom stereocenters. The van der Waals surface area contributed by atoms with Crippen LogP contribution in [0.4, 0.5) is 0 Å². The number of methoxy groups -OCH3 is 1. The minimum Gasteiger partial charge on any atom is -0.495 e. The third kappa shape index (κ3) is 2.07. The van der Waals surface area contributed by atoms with Crippen LogP contribution in [0, 0.1) is 0 Å². The van der Waals surface area contributed by atoms with Gasteiger partial charge in [0.05, 0.1) is 29.1 Å². The van der Waals surface area contributed by atoms with E-state index >= 15 is 0 Å². The molecule has 0 N–H and O–H groups in total. The fourth-order valence-corrected chi connectivity index (χ4v) is 2.51. The van der Waals surface area contributed by atoms with Gasteiger partial charge in [0.25, 0.3) is 5.56 Å². The van der Waals surface area contributed by atoms with Gasteiger partial charge in [-0.05, 0) is 24.3 Å². The molecule has 0 aliphatic carbocycles. The number of ether oxygens (including phenoxy) is 1. The lowest BCUT2D eigenvalue weighted by Gasteiger charge is -2.13. The summed E-state index contributed by atoms with van der Waals surface area (Å²) in [6.07, 6.45) is 0.724. The molecule has 0 amide bonds. The maximum Gasteiger partial charge on any atom is 0.261 e. The number of benzene rings is 2. The smallest absolute Gasteiger partial charge is 0.261 e. The molecule has 0 fully saturated rings. The first-order valence-electron chi connectivity index (χ1n) is 6.75. The summed E-state index contributed by atoms with van der Waals surface area (Å²) in [7, 11) is 3.15. The van der Waals surface area contributed by atoms with Crippen LogP contribution in [0.2, 0.25) is 0 Å². The molecule has 0 atom stereocenters. The highest BCUT2D eigenvalue weighted by molar-refractivity contribution is 5.86. The van der Waals surface area contributed by atoms with Crippen molar-refractivity contribution in [3.8, 4) is 17.1 Å². The number of carbonyl (C=O) groups is 1. The van der Waals surface area contributed by atoms with Crippen LogP contribution >= 0.6 is 0 Å². The van der Waals surface area contributed by atoms with Crippen molar-refractivity contribution in [2.45, 2.75) is 0 Å². The molecule has 0 spiro atoms. The fraction of sp³-hybridized carbons (Fsp3) is 0.118. The van der Waals surface area contributed by atoms with Crippen molar-refractivity contribution < 1.29 is 9.53 Å². The molecule has 0 radical (unpaired) electrons. The second kappa shape index (κ2) is 5.44. The van der Waals surface area contributed by atoms with Crippen LogP contribution in [-0.4, -0.2) is 22.9 Å². The average molecular weight is 294 g/mol. The Morgan fingerprint density at radius 1 is 1.14 bits per heavy atom. The highest BCUT2D eigenvalue weighted by atomic mass is 16.5. The molecule has 1 heterocycles. The second-order valence-corrected chi connectivity index (χ2v) is 4.86. The van der Waals surface area contributed by atoms with E-state index in [0.717, 1.165) is 6.29 Å². The normalized spacial score (nSPS) is 10.6. The first-order valence-corrected chi connectivity index (χ1v) is 6.75. The zero-order valence-corrected chi connectivity index (χ0v) is 12.2. The number of nitrogens with zero attached hydrogens (tertiary/aromatic N) is 2. The molecule has 22 heavy (non-hydrogen) atoms.